The van der Waals surface area contributed by atoms with Crippen molar-refractivity contribution in [1.29, 1.82) is 0 Å². The summed E-state index contributed by atoms with van der Waals surface area (Å²) in [6.45, 7) is 0. The van der Waals surface area contributed by atoms with Crippen molar-refractivity contribution >= 4 is 21.8 Å². The van der Waals surface area contributed by atoms with E-state index in [1.807, 2.05) is 0 Å². The Morgan fingerprint density at radius 2 is 0.694 bits per heavy atom. The summed E-state index contributed by atoms with van der Waals surface area (Å²) in [5.41, 5.74) is 15.6. The second-order valence-electron chi connectivity index (χ2n) is 12.5. The molecule has 0 fully saturated rings. The Bertz CT molecular complexity index is 2550. The molecule has 0 unspecified atom stereocenters. The minimum atomic E-state index is 1.13. The van der Waals surface area contributed by atoms with Crippen molar-refractivity contribution in [2.24, 2.45) is 0 Å². The molecule has 0 bridgehead atoms. The second kappa shape index (κ2) is 12.3. The van der Waals surface area contributed by atoms with Gasteiger partial charge in [0.1, 0.15) is 0 Å². The van der Waals surface area contributed by atoms with E-state index in [9.17, 15) is 0 Å². The molecule has 1 aromatic heterocycles. The molecule has 0 saturated heterocycles. The number of fused-ring (bicyclic) bond motifs is 3. The van der Waals surface area contributed by atoms with E-state index in [-0.39, 0.29) is 0 Å². The van der Waals surface area contributed by atoms with E-state index in [2.05, 4.69) is 205 Å². The van der Waals surface area contributed by atoms with Gasteiger partial charge in [0.15, 0.2) is 0 Å². The Morgan fingerprint density at radius 1 is 0.286 bits per heavy atom. The lowest BCUT2D eigenvalue weighted by Gasteiger charge is -2.24. The van der Waals surface area contributed by atoms with E-state index < -0.39 is 0 Å². The first-order chi connectivity index (χ1) is 24.4. The van der Waals surface area contributed by atoms with Gasteiger partial charge in [0.2, 0.25) is 0 Å². The van der Waals surface area contributed by atoms with E-state index in [1.165, 1.54) is 77.4 Å². The molecule has 0 amide bonds. The van der Waals surface area contributed by atoms with Crippen LogP contribution in [0.5, 0.6) is 0 Å². The van der Waals surface area contributed by atoms with E-state index >= 15 is 0 Å². The Morgan fingerprint density at radius 3 is 1.24 bits per heavy atom. The van der Waals surface area contributed by atoms with Crippen molar-refractivity contribution in [1.82, 2.24) is 4.57 Å². The molecule has 1 nitrogen and oxygen atoms in total. The van der Waals surface area contributed by atoms with Gasteiger partial charge in [0.25, 0.3) is 0 Å². The summed E-state index contributed by atoms with van der Waals surface area (Å²) < 4.78 is 2.51. The zero-order valence-corrected chi connectivity index (χ0v) is 27.0. The van der Waals surface area contributed by atoms with Gasteiger partial charge in [-0.1, -0.05) is 182 Å². The Balaban J connectivity index is 1.57. The third-order valence-corrected chi connectivity index (χ3v) is 9.57. The van der Waals surface area contributed by atoms with Gasteiger partial charge in [-0.3, -0.25) is 0 Å². The van der Waals surface area contributed by atoms with Crippen LogP contribution in [0.1, 0.15) is 0 Å². The highest BCUT2D eigenvalue weighted by Gasteiger charge is 2.28. The molecule has 1 heterocycles. The maximum Gasteiger partial charge on any atom is 0.0632 e. The molecule has 0 aliphatic rings. The van der Waals surface area contributed by atoms with Crippen molar-refractivity contribution in [3.8, 4) is 61.3 Å². The fraction of sp³-hybridized carbons (Fsp3) is 0. The van der Waals surface area contributed by atoms with Crippen LogP contribution < -0.4 is 0 Å². The third-order valence-electron chi connectivity index (χ3n) is 9.57. The van der Waals surface area contributed by atoms with Crippen molar-refractivity contribution in [2.75, 3.05) is 0 Å². The third kappa shape index (κ3) is 4.96. The van der Waals surface area contributed by atoms with Crippen LogP contribution in [0, 0.1) is 0 Å². The number of hydrogen-bond donors (Lipinski definition) is 0. The SMILES string of the molecule is c1ccc(-c2cccc(-n3c4ccccc4c4c(-c5ccccc5)c(-c5ccccc5)c(-c5ccccc5)c(-c5ccccc5)c43)c2)cc1. The highest BCUT2D eigenvalue weighted by Crippen LogP contribution is 2.53. The lowest BCUT2D eigenvalue weighted by molar-refractivity contribution is 1.18. The van der Waals surface area contributed by atoms with Gasteiger partial charge in [-0.2, -0.15) is 0 Å². The number of para-hydroxylation sites is 1. The molecular weight excluding hydrogens is 591 g/mol. The smallest absolute Gasteiger partial charge is 0.0632 e. The van der Waals surface area contributed by atoms with Crippen LogP contribution in [0.25, 0.3) is 83.1 Å². The highest BCUT2D eigenvalue weighted by molar-refractivity contribution is 6.26. The average molecular weight is 624 g/mol. The number of nitrogens with zero attached hydrogens (tertiary/aromatic N) is 1. The maximum atomic E-state index is 2.51. The molecular formula is C48H33N. The van der Waals surface area contributed by atoms with Crippen LogP contribution in [-0.2, 0) is 0 Å². The van der Waals surface area contributed by atoms with Gasteiger partial charge < -0.3 is 4.57 Å². The van der Waals surface area contributed by atoms with Gasteiger partial charge >= 0.3 is 0 Å². The molecule has 9 rings (SSSR count). The number of aromatic nitrogens is 1. The summed E-state index contributed by atoms with van der Waals surface area (Å²) >= 11 is 0. The van der Waals surface area contributed by atoms with Crippen LogP contribution in [0.4, 0.5) is 0 Å². The molecule has 0 aliphatic heterocycles. The lowest BCUT2D eigenvalue weighted by Crippen LogP contribution is -2.01. The van der Waals surface area contributed by atoms with Crippen LogP contribution in [0.3, 0.4) is 0 Å². The van der Waals surface area contributed by atoms with Crippen LogP contribution in [0.15, 0.2) is 200 Å². The Hall–Kier alpha value is -6.44. The van der Waals surface area contributed by atoms with E-state index in [0.29, 0.717) is 0 Å². The van der Waals surface area contributed by atoms with E-state index in [0.717, 1.165) is 5.69 Å². The van der Waals surface area contributed by atoms with Crippen LogP contribution in [-0.4, -0.2) is 4.57 Å². The lowest BCUT2D eigenvalue weighted by atomic mass is 9.80. The van der Waals surface area contributed by atoms with Gasteiger partial charge in [-0.25, -0.2) is 0 Å². The summed E-state index contributed by atoms with van der Waals surface area (Å²) in [5.74, 6) is 0. The van der Waals surface area contributed by atoms with Crippen molar-refractivity contribution < 1.29 is 0 Å². The molecule has 8 aromatic carbocycles. The molecule has 0 radical (unpaired) electrons. The monoisotopic (exact) mass is 623 g/mol. The van der Waals surface area contributed by atoms with Gasteiger partial charge in [0.05, 0.1) is 11.0 Å². The maximum absolute atomic E-state index is 2.51. The molecule has 0 atom stereocenters. The first kappa shape index (κ1) is 28.8. The summed E-state index contributed by atoms with van der Waals surface area (Å²) in [4.78, 5) is 0. The normalized spacial score (nSPS) is 11.3. The largest absolute Gasteiger partial charge is 0.309 e. The number of hydrogen-bond acceptors (Lipinski definition) is 0. The van der Waals surface area contributed by atoms with Crippen molar-refractivity contribution in [2.45, 2.75) is 0 Å². The average Bonchev–Trinajstić information content (AvgIpc) is 3.53. The van der Waals surface area contributed by atoms with Gasteiger partial charge in [-0.05, 0) is 57.1 Å². The predicted octanol–water partition coefficient (Wildman–Crippen LogP) is 13.1. The second-order valence-corrected chi connectivity index (χ2v) is 12.5. The van der Waals surface area contributed by atoms with Crippen LogP contribution in [0.2, 0.25) is 0 Å². The zero-order valence-electron chi connectivity index (χ0n) is 27.0. The summed E-state index contributed by atoms with van der Waals surface area (Å²) in [6.07, 6.45) is 0. The molecule has 9 aromatic rings. The minimum absolute atomic E-state index is 1.13. The van der Waals surface area contributed by atoms with E-state index in [1.54, 1.807) is 0 Å². The molecule has 0 N–H and O–H groups in total. The first-order valence-electron chi connectivity index (χ1n) is 16.9. The fourth-order valence-electron chi connectivity index (χ4n) is 7.51. The first-order valence-corrected chi connectivity index (χ1v) is 16.9. The van der Waals surface area contributed by atoms with Crippen molar-refractivity contribution in [3.05, 3.63) is 200 Å². The quantitative estimate of drug-likeness (QED) is 0.174. The Kier molecular flexibility index (Phi) is 7.22. The molecule has 0 saturated carbocycles. The number of benzene rings is 8. The molecule has 1 heteroatoms. The Labute approximate surface area is 287 Å². The minimum Gasteiger partial charge on any atom is -0.309 e. The zero-order chi connectivity index (χ0) is 32.6. The molecule has 0 aliphatic carbocycles. The van der Waals surface area contributed by atoms with Gasteiger partial charge in [0, 0.05) is 33.2 Å². The van der Waals surface area contributed by atoms with Gasteiger partial charge in [-0.15, -0.1) is 0 Å². The highest BCUT2D eigenvalue weighted by atomic mass is 15.0. The predicted molar refractivity (Wildman–Crippen MR) is 208 cm³/mol. The molecule has 49 heavy (non-hydrogen) atoms. The topological polar surface area (TPSA) is 4.93 Å². The van der Waals surface area contributed by atoms with E-state index in [4.69, 9.17) is 0 Å². The fourth-order valence-corrected chi connectivity index (χ4v) is 7.51. The van der Waals surface area contributed by atoms with Crippen LogP contribution >= 0.6 is 0 Å². The van der Waals surface area contributed by atoms with Crippen molar-refractivity contribution in [3.63, 3.8) is 0 Å². The summed E-state index contributed by atoms with van der Waals surface area (Å²) in [6, 6.07) is 72.4. The summed E-state index contributed by atoms with van der Waals surface area (Å²) in [5, 5.41) is 2.49. The summed E-state index contributed by atoms with van der Waals surface area (Å²) in [7, 11) is 0. The molecule has 0 spiro atoms. The standard InChI is InChI=1S/C48H33N/c1-6-19-34(20-7-1)39-29-18-30-40(33-39)49-42-32-17-16-31-41(42)47-45(37-25-12-4-13-26-37)43(35-21-8-2-9-22-35)44(36-23-10-3-11-24-36)46(48(47)49)38-27-14-5-15-28-38/h1-33H. The molecule has 230 valence electrons. The number of rotatable bonds is 6.